The smallest absolute Gasteiger partial charge is 0.282 e. The summed E-state index contributed by atoms with van der Waals surface area (Å²) >= 11 is 0. The Bertz CT molecular complexity index is 309. The molecule has 0 aromatic rings. The molecule has 0 aliphatic heterocycles. The fourth-order valence-electron chi connectivity index (χ4n) is 1.08. The Kier molecular flexibility index (Phi) is 2.15. The van der Waals surface area contributed by atoms with Gasteiger partial charge >= 0.3 is 0 Å². The van der Waals surface area contributed by atoms with E-state index >= 15 is 0 Å². The van der Waals surface area contributed by atoms with Crippen molar-refractivity contribution in [2.45, 2.75) is 19.8 Å². The zero-order chi connectivity index (χ0) is 8.48. The van der Waals surface area contributed by atoms with Gasteiger partial charge in [-0.05, 0) is 25.3 Å². The van der Waals surface area contributed by atoms with Crippen LogP contribution in [0, 0.1) is 0 Å². The highest BCUT2D eigenvalue weighted by molar-refractivity contribution is 7.90. The molecule has 1 aliphatic carbocycles. The van der Waals surface area contributed by atoms with Gasteiger partial charge < -0.3 is 0 Å². The van der Waals surface area contributed by atoms with E-state index in [2.05, 4.69) is 0 Å². The van der Waals surface area contributed by atoms with E-state index in [9.17, 15) is 8.42 Å². The van der Waals surface area contributed by atoms with Crippen molar-refractivity contribution in [3.63, 3.8) is 0 Å². The van der Waals surface area contributed by atoms with E-state index in [1.54, 1.807) is 13.0 Å². The minimum atomic E-state index is -3.98. The zero-order valence-electron chi connectivity index (χ0n) is 6.24. The molecule has 0 amide bonds. The van der Waals surface area contributed by atoms with Crippen molar-refractivity contribution in [3.05, 3.63) is 22.6 Å². The third-order valence-corrected chi connectivity index (χ3v) is 2.66. The summed E-state index contributed by atoms with van der Waals surface area (Å²) in [5, 5.41) is 0. The fraction of sp³-hybridized carbons (Fsp3) is 0.429. The van der Waals surface area contributed by atoms with Gasteiger partial charge in [0, 0.05) is 0 Å². The lowest BCUT2D eigenvalue weighted by Gasteiger charge is -2.08. The van der Waals surface area contributed by atoms with Gasteiger partial charge in [-0.3, -0.25) is 4.55 Å². The van der Waals surface area contributed by atoms with Crippen LogP contribution in [0.2, 0.25) is 0 Å². The van der Waals surface area contributed by atoms with Crippen molar-refractivity contribution in [1.29, 1.82) is 0 Å². The van der Waals surface area contributed by atoms with Gasteiger partial charge in [0.1, 0.15) is 0 Å². The van der Waals surface area contributed by atoms with Gasteiger partial charge in [0.2, 0.25) is 0 Å². The number of hydrogen-bond donors (Lipinski definition) is 1. The predicted molar refractivity (Wildman–Crippen MR) is 42.6 cm³/mol. The largest absolute Gasteiger partial charge is 0.294 e. The molecule has 0 radical (unpaired) electrons. The molecular formula is C7H10O3S. The standard InChI is InChI=1S/C7H10O3S/c1-6-4-2-3-5-7(6)11(8,9)10/h4-5H,2-3H2,1H3,(H,8,9,10). The minimum absolute atomic E-state index is 0.0590. The maximum atomic E-state index is 10.6. The Morgan fingerprint density at radius 2 is 1.91 bits per heavy atom. The quantitative estimate of drug-likeness (QED) is 0.613. The average Bonchev–Trinajstić information content (AvgIpc) is 1.86. The Morgan fingerprint density at radius 3 is 2.27 bits per heavy atom. The summed E-state index contributed by atoms with van der Waals surface area (Å²) in [6.45, 7) is 1.68. The molecule has 3 nitrogen and oxygen atoms in total. The zero-order valence-corrected chi connectivity index (χ0v) is 7.06. The lowest BCUT2D eigenvalue weighted by molar-refractivity contribution is 0.491. The Hall–Kier alpha value is -0.610. The molecule has 0 aromatic carbocycles. The third kappa shape index (κ3) is 1.91. The predicted octanol–water partition coefficient (Wildman–Crippen LogP) is 1.50. The molecule has 0 saturated heterocycles. The number of hydrogen-bond acceptors (Lipinski definition) is 2. The van der Waals surface area contributed by atoms with Gasteiger partial charge in [-0.15, -0.1) is 0 Å². The summed E-state index contributed by atoms with van der Waals surface area (Å²) in [7, 11) is -3.98. The first-order valence-electron chi connectivity index (χ1n) is 3.36. The van der Waals surface area contributed by atoms with Gasteiger partial charge in [0.05, 0.1) is 4.91 Å². The summed E-state index contributed by atoms with van der Waals surface area (Å²) in [5.74, 6) is 0. The maximum Gasteiger partial charge on any atom is 0.294 e. The number of rotatable bonds is 1. The van der Waals surface area contributed by atoms with Gasteiger partial charge in [-0.25, -0.2) is 0 Å². The average molecular weight is 174 g/mol. The van der Waals surface area contributed by atoms with Crippen LogP contribution >= 0.6 is 0 Å². The van der Waals surface area contributed by atoms with Crippen LogP contribution in [0.5, 0.6) is 0 Å². The lowest BCUT2D eigenvalue weighted by atomic mass is 10.1. The fourth-order valence-corrected chi connectivity index (χ4v) is 1.90. The summed E-state index contributed by atoms with van der Waals surface area (Å²) in [5.41, 5.74) is 0.638. The van der Waals surface area contributed by atoms with Crippen molar-refractivity contribution in [3.8, 4) is 0 Å². The summed E-state index contributed by atoms with van der Waals surface area (Å²) in [6, 6.07) is 0. The SMILES string of the molecule is CC1=CCCC=C1S(=O)(=O)O. The highest BCUT2D eigenvalue weighted by atomic mass is 32.2. The molecule has 0 spiro atoms. The van der Waals surface area contributed by atoms with Crippen LogP contribution < -0.4 is 0 Å². The Morgan fingerprint density at radius 1 is 1.36 bits per heavy atom. The molecule has 1 N–H and O–H groups in total. The van der Waals surface area contributed by atoms with Crippen LogP contribution in [0.4, 0.5) is 0 Å². The van der Waals surface area contributed by atoms with E-state index in [-0.39, 0.29) is 4.91 Å². The van der Waals surface area contributed by atoms with Crippen LogP contribution in [0.25, 0.3) is 0 Å². The van der Waals surface area contributed by atoms with Crippen molar-refractivity contribution in [2.75, 3.05) is 0 Å². The van der Waals surface area contributed by atoms with Crippen LogP contribution in [0.15, 0.2) is 22.6 Å². The Balaban J connectivity index is 3.07. The summed E-state index contributed by atoms with van der Waals surface area (Å²) < 4.78 is 30.0. The molecular weight excluding hydrogens is 164 g/mol. The van der Waals surface area contributed by atoms with Crippen LogP contribution in [-0.4, -0.2) is 13.0 Å². The van der Waals surface area contributed by atoms with Crippen LogP contribution in [0.1, 0.15) is 19.8 Å². The van der Waals surface area contributed by atoms with Crippen molar-refractivity contribution in [2.24, 2.45) is 0 Å². The van der Waals surface area contributed by atoms with Gasteiger partial charge in [0.25, 0.3) is 10.1 Å². The molecule has 0 saturated carbocycles. The second kappa shape index (κ2) is 2.79. The van der Waals surface area contributed by atoms with E-state index < -0.39 is 10.1 Å². The first-order chi connectivity index (χ1) is 5.02. The summed E-state index contributed by atoms with van der Waals surface area (Å²) in [4.78, 5) is 0.0590. The highest BCUT2D eigenvalue weighted by Crippen LogP contribution is 2.21. The first kappa shape index (κ1) is 8.49. The highest BCUT2D eigenvalue weighted by Gasteiger charge is 2.16. The second-order valence-corrected chi connectivity index (χ2v) is 3.90. The topological polar surface area (TPSA) is 54.4 Å². The van der Waals surface area contributed by atoms with Crippen molar-refractivity contribution >= 4 is 10.1 Å². The molecule has 0 heterocycles. The van der Waals surface area contributed by atoms with E-state index in [4.69, 9.17) is 4.55 Å². The normalized spacial score (nSPS) is 19.1. The monoisotopic (exact) mass is 174 g/mol. The lowest BCUT2D eigenvalue weighted by Crippen LogP contribution is -2.05. The second-order valence-electron chi connectivity index (χ2n) is 2.51. The molecule has 4 heteroatoms. The van der Waals surface area contributed by atoms with E-state index in [1.807, 2.05) is 6.08 Å². The molecule has 0 fully saturated rings. The summed E-state index contributed by atoms with van der Waals surface area (Å²) in [6.07, 6.45) is 4.89. The molecule has 62 valence electrons. The third-order valence-electron chi connectivity index (χ3n) is 1.61. The maximum absolute atomic E-state index is 10.6. The molecule has 0 atom stereocenters. The van der Waals surface area contributed by atoms with Crippen molar-refractivity contribution < 1.29 is 13.0 Å². The van der Waals surface area contributed by atoms with Gasteiger partial charge in [-0.1, -0.05) is 12.2 Å². The Labute approximate surface area is 66.2 Å². The molecule has 1 aliphatic rings. The van der Waals surface area contributed by atoms with Gasteiger partial charge in [-0.2, -0.15) is 8.42 Å². The van der Waals surface area contributed by atoms with E-state index in [0.717, 1.165) is 6.42 Å². The molecule has 0 bridgehead atoms. The van der Waals surface area contributed by atoms with Crippen LogP contribution in [-0.2, 0) is 10.1 Å². The molecule has 0 unspecified atom stereocenters. The van der Waals surface area contributed by atoms with Crippen LogP contribution in [0.3, 0.4) is 0 Å². The molecule has 0 aromatic heterocycles. The molecule has 1 rings (SSSR count). The van der Waals surface area contributed by atoms with E-state index in [1.165, 1.54) is 0 Å². The molecule has 11 heavy (non-hydrogen) atoms. The minimum Gasteiger partial charge on any atom is -0.282 e. The van der Waals surface area contributed by atoms with Gasteiger partial charge in [0.15, 0.2) is 0 Å². The first-order valence-corrected chi connectivity index (χ1v) is 4.80. The van der Waals surface area contributed by atoms with E-state index in [0.29, 0.717) is 12.0 Å². The van der Waals surface area contributed by atoms with Crippen molar-refractivity contribution in [1.82, 2.24) is 0 Å². The number of allylic oxidation sites excluding steroid dienone is 3.